The fourth-order valence-corrected chi connectivity index (χ4v) is 2.64. The molecule has 0 aliphatic heterocycles. The highest BCUT2D eigenvalue weighted by molar-refractivity contribution is 14.1. The van der Waals surface area contributed by atoms with Gasteiger partial charge in [0.1, 0.15) is 0 Å². The normalized spacial score (nSPS) is 12.6. The van der Waals surface area contributed by atoms with E-state index >= 15 is 0 Å². The number of nitrogens with one attached hydrogen (secondary N) is 1. The summed E-state index contributed by atoms with van der Waals surface area (Å²) in [6.07, 6.45) is 3.40. The largest absolute Gasteiger partial charge is 0.385 e. The van der Waals surface area contributed by atoms with Crippen LogP contribution < -0.4 is 5.32 Å². The summed E-state index contributed by atoms with van der Waals surface area (Å²) in [5, 5.41) is 3.63. The summed E-state index contributed by atoms with van der Waals surface area (Å²) in [5.74, 6) is 0. The Morgan fingerprint density at radius 1 is 1.35 bits per heavy atom. The van der Waals surface area contributed by atoms with Crippen molar-refractivity contribution in [2.24, 2.45) is 0 Å². The Kier molecular flexibility index (Phi) is 7.81. The number of methoxy groups -OCH3 is 1. The lowest BCUT2D eigenvalue weighted by molar-refractivity contribution is 0.188. The van der Waals surface area contributed by atoms with E-state index in [1.807, 2.05) is 0 Å². The molecule has 1 unspecified atom stereocenters. The van der Waals surface area contributed by atoms with E-state index in [-0.39, 0.29) is 0 Å². The Hall–Kier alpha value is -0.130. The summed E-state index contributed by atoms with van der Waals surface area (Å²) in [6.45, 7) is 4.12. The standard InChI is InChI=1S/C14H22INO/c1-3-10-16-14(9-6-11-17-2)12-7-4-5-8-13(12)15/h4-5,7-8,14,16H,3,6,9-11H2,1-2H3. The van der Waals surface area contributed by atoms with Crippen LogP contribution in [0.15, 0.2) is 24.3 Å². The quantitative estimate of drug-likeness (QED) is 0.571. The molecule has 0 aromatic heterocycles. The molecule has 0 radical (unpaired) electrons. The van der Waals surface area contributed by atoms with Gasteiger partial charge in [0.25, 0.3) is 0 Å². The summed E-state index contributed by atoms with van der Waals surface area (Å²) in [4.78, 5) is 0. The number of hydrogen-bond donors (Lipinski definition) is 1. The molecule has 1 N–H and O–H groups in total. The van der Waals surface area contributed by atoms with E-state index in [9.17, 15) is 0 Å². The molecule has 0 spiro atoms. The number of hydrogen-bond acceptors (Lipinski definition) is 2. The maximum atomic E-state index is 5.13. The number of ether oxygens (including phenoxy) is 1. The van der Waals surface area contributed by atoms with Crippen molar-refractivity contribution >= 4 is 22.6 Å². The molecule has 0 saturated carbocycles. The van der Waals surface area contributed by atoms with Crippen LogP contribution in [-0.4, -0.2) is 20.3 Å². The zero-order valence-electron chi connectivity index (χ0n) is 10.7. The van der Waals surface area contributed by atoms with Gasteiger partial charge in [-0.15, -0.1) is 0 Å². The predicted octanol–water partition coefficient (Wildman–Crippen LogP) is 3.76. The van der Waals surface area contributed by atoms with Crippen LogP contribution in [0.4, 0.5) is 0 Å². The van der Waals surface area contributed by atoms with Gasteiger partial charge in [0, 0.05) is 23.3 Å². The molecule has 0 heterocycles. The summed E-state index contributed by atoms with van der Waals surface area (Å²) >= 11 is 2.42. The van der Waals surface area contributed by atoms with E-state index in [0.29, 0.717) is 6.04 Å². The molecule has 3 heteroatoms. The van der Waals surface area contributed by atoms with E-state index < -0.39 is 0 Å². The SMILES string of the molecule is CCCNC(CCCOC)c1ccccc1I. The van der Waals surface area contributed by atoms with Gasteiger partial charge in [0.05, 0.1) is 0 Å². The molecular weight excluding hydrogens is 325 g/mol. The zero-order chi connectivity index (χ0) is 12.5. The van der Waals surface area contributed by atoms with Crippen LogP contribution in [0.2, 0.25) is 0 Å². The van der Waals surface area contributed by atoms with Crippen LogP contribution in [0.25, 0.3) is 0 Å². The summed E-state index contributed by atoms with van der Waals surface area (Å²) in [6, 6.07) is 9.07. The minimum Gasteiger partial charge on any atom is -0.385 e. The highest BCUT2D eigenvalue weighted by atomic mass is 127. The highest BCUT2D eigenvalue weighted by Gasteiger charge is 2.12. The highest BCUT2D eigenvalue weighted by Crippen LogP contribution is 2.23. The molecular formula is C14H22INO. The third-order valence-corrected chi connectivity index (χ3v) is 3.75. The maximum absolute atomic E-state index is 5.13. The lowest BCUT2D eigenvalue weighted by Gasteiger charge is -2.20. The summed E-state index contributed by atoms with van der Waals surface area (Å²) in [7, 11) is 1.76. The maximum Gasteiger partial charge on any atom is 0.0462 e. The van der Waals surface area contributed by atoms with Gasteiger partial charge in [-0.2, -0.15) is 0 Å². The van der Waals surface area contributed by atoms with Gasteiger partial charge < -0.3 is 10.1 Å². The molecule has 96 valence electrons. The Balaban J connectivity index is 2.64. The van der Waals surface area contributed by atoms with Crippen LogP contribution >= 0.6 is 22.6 Å². The molecule has 2 nitrogen and oxygen atoms in total. The van der Waals surface area contributed by atoms with Gasteiger partial charge >= 0.3 is 0 Å². The average molecular weight is 347 g/mol. The van der Waals surface area contributed by atoms with Crippen molar-refractivity contribution in [2.75, 3.05) is 20.3 Å². The molecule has 1 aromatic rings. The van der Waals surface area contributed by atoms with Crippen LogP contribution in [0, 0.1) is 3.57 Å². The van der Waals surface area contributed by atoms with E-state index in [4.69, 9.17) is 4.74 Å². The van der Waals surface area contributed by atoms with Crippen molar-refractivity contribution in [1.29, 1.82) is 0 Å². The monoisotopic (exact) mass is 347 g/mol. The fraction of sp³-hybridized carbons (Fsp3) is 0.571. The van der Waals surface area contributed by atoms with Gasteiger partial charge in [-0.25, -0.2) is 0 Å². The molecule has 1 atom stereocenters. The molecule has 0 aliphatic carbocycles. The summed E-state index contributed by atoms with van der Waals surface area (Å²) in [5.41, 5.74) is 1.41. The molecule has 0 bridgehead atoms. The molecule has 17 heavy (non-hydrogen) atoms. The van der Waals surface area contributed by atoms with Gasteiger partial charge in [0.2, 0.25) is 0 Å². The van der Waals surface area contributed by atoms with Gasteiger partial charge in [-0.3, -0.25) is 0 Å². The van der Waals surface area contributed by atoms with Crippen LogP contribution in [0.1, 0.15) is 37.8 Å². The van der Waals surface area contributed by atoms with Crippen LogP contribution in [-0.2, 0) is 4.74 Å². The third-order valence-electron chi connectivity index (χ3n) is 2.76. The minimum absolute atomic E-state index is 0.457. The first kappa shape index (κ1) is 14.9. The van der Waals surface area contributed by atoms with Gasteiger partial charge in [0.15, 0.2) is 0 Å². The first-order valence-electron chi connectivity index (χ1n) is 6.26. The smallest absolute Gasteiger partial charge is 0.0462 e. The van der Waals surface area contributed by atoms with Crippen LogP contribution in [0.3, 0.4) is 0 Å². The molecule has 0 amide bonds. The average Bonchev–Trinajstić information content (AvgIpc) is 2.35. The van der Waals surface area contributed by atoms with Crippen molar-refractivity contribution in [2.45, 2.75) is 32.2 Å². The predicted molar refractivity (Wildman–Crippen MR) is 81.3 cm³/mol. The Morgan fingerprint density at radius 3 is 2.76 bits per heavy atom. The Bertz CT molecular complexity index is 317. The van der Waals surface area contributed by atoms with Gasteiger partial charge in [-0.05, 0) is 60.0 Å². The van der Waals surface area contributed by atoms with Crippen molar-refractivity contribution in [3.05, 3.63) is 33.4 Å². The number of rotatable bonds is 8. The fourth-order valence-electron chi connectivity index (χ4n) is 1.88. The zero-order valence-corrected chi connectivity index (χ0v) is 12.9. The number of halogens is 1. The second-order valence-electron chi connectivity index (χ2n) is 4.16. The molecule has 0 saturated heterocycles. The van der Waals surface area contributed by atoms with Crippen molar-refractivity contribution in [3.8, 4) is 0 Å². The second-order valence-corrected chi connectivity index (χ2v) is 5.33. The first-order valence-corrected chi connectivity index (χ1v) is 7.34. The lowest BCUT2D eigenvalue weighted by atomic mass is 10.0. The second kappa shape index (κ2) is 8.89. The van der Waals surface area contributed by atoms with Crippen LogP contribution in [0.5, 0.6) is 0 Å². The minimum atomic E-state index is 0.457. The Labute approximate surface area is 118 Å². The number of benzene rings is 1. The van der Waals surface area contributed by atoms with Crippen molar-refractivity contribution in [3.63, 3.8) is 0 Å². The topological polar surface area (TPSA) is 21.3 Å². The first-order chi connectivity index (χ1) is 8.29. The van der Waals surface area contributed by atoms with Crippen molar-refractivity contribution < 1.29 is 4.74 Å². The molecule has 1 rings (SSSR count). The molecule has 0 fully saturated rings. The van der Waals surface area contributed by atoms with E-state index in [0.717, 1.165) is 26.0 Å². The third kappa shape index (κ3) is 5.36. The van der Waals surface area contributed by atoms with E-state index in [2.05, 4.69) is 59.1 Å². The lowest BCUT2D eigenvalue weighted by Crippen LogP contribution is -2.23. The summed E-state index contributed by atoms with van der Waals surface area (Å²) < 4.78 is 6.48. The van der Waals surface area contributed by atoms with Crippen molar-refractivity contribution in [1.82, 2.24) is 5.32 Å². The van der Waals surface area contributed by atoms with Gasteiger partial charge in [-0.1, -0.05) is 25.1 Å². The molecule has 0 aliphatic rings. The van der Waals surface area contributed by atoms with E-state index in [1.165, 1.54) is 15.6 Å². The van der Waals surface area contributed by atoms with E-state index in [1.54, 1.807) is 7.11 Å². The molecule has 1 aromatic carbocycles. The Morgan fingerprint density at radius 2 is 2.12 bits per heavy atom.